The van der Waals surface area contributed by atoms with Gasteiger partial charge in [-0.3, -0.25) is 0 Å². The Bertz CT molecular complexity index is 951. The average molecular weight is 449 g/mol. The Balaban J connectivity index is 0.000000242. The maximum atomic E-state index is 13.2. The maximum absolute atomic E-state index is 13.2. The second-order valence-electron chi connectivity index (χ2n) is 4.64. The number of fused-ring (bicyclic) bond motifs is 3. The molecule has 0 atom stereocenters. The van der Waals surface area contributed by atoms with Crippen LogP contribution in [-0.2, 0) is 15.2 Å². The molecule has 0 N–H and O–H groups in total. The average Bonchev–Trinajstić information content (AvgIpc) is 2.80. The second kappa shape index (κ2) is 6.64. The predicted molar refractivity (Wildman–Crippen MR) is 80.0 cm³/mol. The molecule has 0 aliphatic rings. The molecule has 0 aliphatic carbocycles. The topological polar surface area (TPSA) is 57.2 Å². The van der Waals surface area contributed by atoms with Crippen LogP contribution < -0.4 is 0 Å². The van der Waals surface area contributed by atoms with Gasteiger partial charge in [0.15, 0.2) is 10.1 Å². The molecule has 136 valence electrons. The molecule has 0 fully saturated rings. The molecule has 1 heterocycles. The number of hydrogen-bond acceptors (Lipinski definition) is 3. The van der Waals surface area contributed by atoms with Gasteiger partial charge in [0.2, 0.25) is 0 Å². The van der Waals surface area contributed by atoms with Gasteiger partial charge >= 0.3 is 105 Å². The van der Waals surface area contributed by atoms with Crippen molar-refractivity contribution in [1.29, 1.82) is 0 Å². The molecular formula is C14H8F6O3SSe. The molecule has 0 saturated heterocycles. The Morgan fingerprint density at radius 1 is 0.760 bits per heavy atom. The van der Waals surface area contributed by atoms with E-state index < -0.39 is 34.1 Å². The third kappa shape index (κ3) is 4.17. The molecule has 0 radical (unpaired) electrons. The molecule has 0 spiro atoms. The van der Waals surface area contributed by atoms with E-state index in [1.54, 1.807) is 48.5 Å². The largest absolute Gasteiger partial charge is 0.741 e. The van der Waals surface area contributed by atoms with Crippen LogP contribution in [0, 0.1) is 0 Å². The Labute approximate surface area is 141 Å². The first kappa shape index (κ1) is 19.8. The summed E-state index contributed by atoms with van der Waals surface area (Å²) in [5.41, 5.74) is -5.65. The van der Waals surface area contributed by atoms with Gasteiger partial charge in [-0.05, 0) is 0 Å². The van der Waals surface area contributed by atoms with E-state index in [1.807, 2.05) is 0 Å². The number of alkyl halides is 6. The molecule has 3 rings (SSSR count). The Morgan fingerprint density at radius 3 is 1.36 bits per heavy atom. The molecular weight excluding hydrogens is 441 g/mol. The first-order valence-corrected chi connectivity index (χ1v) is 10.3. The van der Waals surface area contributed by atoms with Crippen LogP contribution in [0.1, 0.15) is 0 Å². The van der Waals surface area contributed by atoms with Gasteiger partial charge < -0.3 is 4.55 Å². The van der Waals surface area contributed by atoms with Gasteiger partial charge in [-0.1, -0.05) is 0 Å². The quantitative estimate of drug-likeness (QED) is 0.223. The van der Waals surface area contributed by atoms with Gasteiger partial charge in [0.1, 0.15) is 0 Å². The number of benzene rings is 2. The molecule has 0 bridgehead atoms. The Kier molecular flexibility index (Phi) is 5.25. The summed E-state index contributed by atoms with van der Waals surface area (Å²) >= 11 is -2.91. The van der Waals surface area contributed by atoms with E-state index in [0.717, 1.165) is 10.8 Å². The van der Waals surface area contributed by atoms with Crippen LogP contribution >= 0.6 is 0 Å². The maximum Gasteiger partial charge on any atom is 0.485 e. The number of rotatable bonds is 0. The van der Waals surface area contributed by atoms with Crippen molar-refractivity contribution in [1.82, 2.24) is 0 Å². The van der Waals surface area contributed by atoms with Crippen molar-refractivity contribution in [2.45, 2.75) is 10.6 Å². The molecule has 0 amide bonds. The normalized spacial score (nSPS) is 12.9. The van der Waals surface area contributed by atoms with E-state index >= 15 is 0 Å². The van der Waals surface area contributed by atoms with Crippen molar-refractivity contribution in [2.24, 2.45) is 0 Å². The van der Waals surface area contributed by atoms with Crippen LogP contribution in [0.5, 0.6) is 0 Å². The van der Waals surface area contributed by atoms with Crippen molar-refractivity contribution in [3.8, 4) is 0 Å². The van der Waals surface area contributed by atoms with Crippen LogP contribution in [0.15, 0.2) is 48.5 Å². The molecule has 0 aliphatic heterocycles. The molecule has 0 saturated carbocycles. The predicted octanol–water partition coefficient (Wildman–Crippen LogP) is 4.27. The summed E-state index contributed by atoms with van der Waals surface area (Å²) < 4.78 is 99.4. The van der Waals surface area contributed by atoms with Gasteiger partial charge in [-0.25, -0.2) is 8.42 Å². The van der Waals surface area contributed by atoms with Crippen molar-refractivity contribution < 1.29 is 39.3 Å². The first-order chi connectivity index (χ1) is 11.3. The van der Waals surface area contributed by atoms with Crippen LogP contribution in [0.25, 0.3) is 19.3 Å². The summed E-state index contributed by atoms with van der Waals surface area (Å²) in [6.45, 7) is 0. The van der Waals surface area contributed by atoms with Gasteiger partial charge in [0, 0.05) is 0 Å². The molecule has 1 aromatic heterocycles. The van der Waals surface area contributed by atoms with E-state index in [-0.39, 0.29) is 0 Å². The smallest absolute Gasteiger partial charge is 0.485 e. The fourth-order valence-electron chi connectivity index (χ4n) is 2.10. The first-order valence-electron chi connectivity index (χ1n) is 6.36. The third-order valence-electron chi connectivity index (χ3n) is 3.02. The molecule has 11 heteroatoms. The zero-order valence-corrected chi connectivity index (χ0v) is 14.5. The van der Waals surface area contributed by atoms with Gasteiger partial charge in [-0.15, -0.1) is 0 Å². The fraction of sp³-hybridized carbons (Fsp3) is 0.143. The SMILES string of the molecule is FC(F)(F)[se+]1c2ccccc2c2ccccc21.O=S(=O)([O-])C(F)(F)F. The van der Waals surface area contributed by atoms with Crippen LogP contribution in [-0.4, -0.2) is 31.9 Å². The Morgan fingerprint density at radius 2 is 1.08 bits per heavy atom. The summed E-state index contributed by atoms with van der Waals surface area (Å²) in [5.74, 6) is 0. The molecule has 25 heavy (non-hydrogen) atoms. The van der Waals surface area contributed by atoms with E-state index in [0.29, 0.717) is 8.52 Å². The van der Waals surface area contributed by atoms with E-state index in [1.165, 1.54) is 0 Å². The zero-order chi connectivity index (χ0) is 19.0. The van der Waals surface area contributed by atoms with Gasteiger partial charge in [0.25, 0.3) is 0 Å². The second-order valence-corrected chi connectivity index (χ2v) is 10.1. The monoisotopic (exact) mass is 450 g/mol. The molecule has 0 unspecified atom stereocenters. The van der Waals surface area contributed by atoms with Crippen molar-refractivity contribution >= 4 is 42.9 Å². The minimum atomic E-state index is -6.09. The van der Waals surface area contributed by atoms with Crippen LogP contribution in [0.4, 0.5) is 26.3 Å². The fourth-order valence-corrected chi connectivity index (χ4v) is 6.22. The molecule has 3 nitrogen and oxygen atoms in total. The number of hydrogen-bond donors (Lipinski definition) is 0. The van der Waals surface area contributed by atoms with Crippen LogP contribution in [0.3, 0.4) is 0 Å². The molecule has 2 aromatic carbocycles. The summed E-state index contributed by atoms with van der Waals surface area (Å²) in [6.07, 6.45) is 0. The summed E-state index contributed by atoms with van der Waals surface area (Å²) in [4.78, 5) is 0. The summed E-state index contributed by atoms with van der Waals surface area (Å²) in [7, 11) is -6.09. The van der Waals surface area contributed by atoms with E-state index in [9.17, 15) is 26.3 Å². The minimum absolute atomic E-state index is 0.487. The van der Waals surface area contributed by atoms with Crippen molar-refractivity contribution in [2.75, 3.05) is 0 Å². The van der Waals surface area contributed by atoms with Crippen LogP contribution in [0.2, 0.25) is 0 Å². The van der Waals surface area contributed by atoms with Gasteiger partial charge in [-0.2, -0.15) is 13.2 Å². The van der Waals surface area contributed by atoms with Crippen molar-refractivity contribution in [3.63, 3.8) is 0 Å². The minimum Gasteiger partial charge on any atom is -0.741 e. The Hall–Kier alpha value is -1.55. The molecule has 3 aromatic rings. The zero-order valence-electron chi connectivity index (χ0n) is 11.9. The van der Waals surface area contributed by atoms with E-state index in [4.69, 9.17) is 13.0 Å². The number of halogens is 6. The summed E-state index contributed by atoms with van der Waals surface area (Å²) in [6, 6.07) is 13.8. The summed E-state index contributed by atoms with van der Waals surface area (Å²) in [5, 5.41) is -2.60. The van der Waals surface area contributed by atoms with Gasteiger partial charge in [0.05, 0.1) is 0 Å². The van der Waals surface area contributed by atoms with Crippen molar-refractivity contribution in [3.05, 3.63) is 48.5 Å². The standard InChI is InChI=1S/C13H8F3Se.CHF3O3S/c14-13(15,16)17-11-7-3-1-5-9(11)10-6-2-4-8-12(10)17;2-1(3,4)8(5,6)7/h1-8H;(H,5,6,7)/q+1;/p-1. The third-order valence-corrected chi connectivity index (χ3v) is 7.90. The van der Waals surface area contributed by atoms with E-state index in [2.05, 4.69) is 0 Å².